The summed E-state index contributed by atoms with van der Waals surface area (Å²) in [5.74, 6) is -1.94. The molecule has 1 rings (SSSR count). The summed E-state index contributed by atoms with van der Waals surface area (Å²) in [5, 5.41) is 2.48. The predicted octanol–water partition coefficient (Wildman–Crippen LogP) is 3.73. The molecular formula is C13H21ClF3NO. The molecule has 0 heterocycles. The molecule has 0 aliphatic heterocycles. The standard InChI is InChI=1S/C13H21ClF3NO/c1-8(2)11(14)7-18-12(19)9-4-3-5-10(6-9)13(15,16)17/h8-11H,3-7H2,1-2H3,(H,18,19). The molecule has 112 valence electrons. The summed E-state index contributed by atoms with van der Waals surface area (Å²) in [6, 6.07) is 0. The Morgan fingerprint density at radius 1 is 1.37 bits per heavy atom. The normalized spacial score (nSPS) is 26.3. The van der Waals surface area contributed by atoms with E-state index in [1.807, 2.05) is 13.8 Å². The molecule has 19 heavy (non-hydrogen) atoms. The zero-order chi connectivity index (χ0) is 14.6. The molecule has 1 aliphatic rings. The smallest absolute Gasteiger partial charge is 0.354 e. The molecule has 3 atom stereocenters. The molecule has 6 heteroatoms. The second-order valence-electron chi connectivity index (χ2n) is 5.61. The number of hydrogen-bond donors (Lipinski definition) is 1. The zero-order valence-electron chi connectivity index (χ0n) is 11.3. The van der Waals surface area contributed by atoms with E-state index in [1.54, 1.807) is 0 Å². The van der Waals surface area contributed by atoms with Crippen molar-refractivity contribution in [3.63, 3.8) is 0 Å². The lowest BCUT2D eigenvalue weighted by Gasteiger charge is -2.30. The minimum absolute atomic E-state index is 0.0933. The van der Waals surface area contributed by atoms with Crippen molar-refractivity contribution in [1.29, 1.82) is 0 Å². The minimum atomic E-state index is -4.19. The lowest BCUT2D eigenvalue weighted by atomic mass is 9.80. The molecule has 0 bridgehead atoms. The first kappa shape index (κ1) is 16.6. The highest BCUT2D eigenvalue weighted by Crippen LogP contribution is 2.39. The Bertz CT molecular complexity index is 307. The quantitative estimate of drug-likeness (QED) is 0.787. The van der Waals surface area contributed by atoms with Crippen LogP contribution in [-0.4, -0.2) is 24.0 Å². The van der Waals surface area contributed by atoms with Gasteiger partial charge in [-0.25, -0.2) is 0 Å². The molecule has 0 aromatic carbocycles. The van der Waals surface area contributed by atoms with E-state index < -0.39 is 18.0 Å². The van der Waals surface area contributed by atoms with Crippen LogP contribution in [0.1, 0.15) is 39.5 Å². The van der Waals surface area contributed by atoms with Gasteiger partial charge in [0.25, 0.3) is 0 Å². The average molecular weight is 300 g/mol. The van der Waals surface area contributed by atoms with Gasteiger partial charge >= 0.3 is 6.18 Å². The fraction of sp³-hybridized carbons (Fsp3) is 0.923. The van der Waals surface area contributed by atoms with Gasteiger partial charge < -0.3 is 5.32 Å². The van der Waals surface area contributed by atoms with Crippen molar-refractivity contribution in [2.75, 3.05) is 6.54 Å². The first-order valence-corrected chi connectivity index (χ1v) is 7.14. The molecule has 1 aliphatic carbocycles. The maximum Gasteiger partial charge on any atom is 0.391 e. The van der Waals surface area contributed by atoms with Crippen LogP contribution >= 0.6 is 11.6 Å². The van der Waals surface area contributed by atoms with Gasteiger partial charge in [0.1, 0.15) is 0 Å². The summed E-state index contributed by atoms with van der Waals surface area (Å²) in [5.41, 5.74) is 0. The van der Waals surface area contributed by atoms with Crippen molar-refractivity contribution in [3.8, 4) is 0 Å². The van der Waals surface area contributed by atoms with E-state index in [0.717, 1.165) is 0 Å². The predicted molar refractivity (Wildman–Crippen MR) is 69.0 cm³/mol. The van der Waals surface area contributed by atoms with Crippen LogP contribution in [0.5, 0.6) is 0 Å². The molecular weight excluding hydrogens is 279 g/mol. The van der Waals surface area contributed by atoms with Crippen molar-refractivity contribution < 1.29 is 18.0 Å². The van der Waals surface area contributed by atoms with Gasteiger partial charge in [-0.15, -0.1) is 11.6 Å². The molecule has 0 spiro atoms. The van der Waals surface area contributed by atoms with Gasteiger partial charge in [-0.3, -0.25) is 4.79 Å². The van der Waals surface area contributed by atoms with Crippen LogP contribution in [0.25, 0.3) is 0 Å². The van der Waals surface area contributed by atoms with E-state index in [-0.39, 0.29) is 30.0 Å². The third-order valence-corrected chi connectivity index (χ3v) is 4.36. The van der Waals surface area contributed by atoms with Crippen LogP contribution in [0.15, 0.2) is 0 Å². The summed E-state index contributed by atoms with van der Waals surface area (Å²) < 4.78 is 37.9. The van der Waals surface area contributed by atoms with Crippen LogP contribution in [0, 0.1) is 17.8 Å². The van der Waals surface area contributed by atoms with Gasteiger partial charge in [-0.1, -0.05) is 20.3 Å². The lowest BCUT2D eigenvalue weighted by Crippen LogP contribution is -2.40. The Hall–Kier alpha value is -0.450. The topological polar surface area (TPSA) is 29.1 Å². The number of amides is 1. The number of carbonyl (C=O) groups excluding carboxylic acids is 1. The van der Waals surface area contributed by atoms with Crippen molar-refractivity contribution in [1.82, 2.24) is 5.32 Å². The molecule has 0 aromatic rings. The first-order chi connectivity index (χ1) is 8.71. The summed E-state index contributed by atoms with van der Waals surface area (Å²) >= 11 is 6.01. The van der Waals surface area contributed by atoms with Crippen molar-refractivity contribution in [2.24, 2.45) is 17.8 Å². The van der Waals surface area contributed by atoms with Gasteiger partial charge in [0.2, 0.25) is 5.91 Å². The second-order valence-corrected chi connectivity index (χ2v) is 6.17. The molecule has 1 N–H and O–H groups in total. The third-order valence-electron chi connectivity index (χ3n) is 3.70. The molecule has 0 aromatic heterocycles. The van der Waals surface area contributed by atoms with Crippen LogP contribution in [-0.2, 0) is 4.79 Å². The largest absolute Gasteiger partial charge is 0.391 e. The molecule has 1 saturated carbocycles. The second kappa shape index (κ2) is 6.82. The summed E-state index contributed by atoms with van der Waals surface area (Å²) in [6.45, 7) is 4.18. The number of carbonyl (C=O) groups is 1. The molecule has 0 saturated heterocycles. The van der Waals surface area contributed by atoms with Gasteiger partial charge in [-0.05, 0) is 25.2 Å². The molecule has 3 unspecified atom stereocenters. The van der Waals surface area contributed by atoms with Crippen molar-refractivity contribution >= 4 is 17.5 Å². The van der Waals surface area contributed by atoms with E-state index in [2.05, 4.69) is 5.32 Å². The highest BCUT2D eigenvalue weighted by Gasteiger charge is 2.43. The molecule has 2 nitrogen and oxygen atoms in total. The Kier molecular flexibility index (Phi) is 5.96. The number of alkyl halides is 4. The SMILES string of the molecule is CC(C)C(Cl)CNC(=O)C1CCCC(C(F)(F)F)C1. The molecule has 0 radical (unpaired) electrons. The Morgan fingerprint density at radius 3 is 2.53 bits per heavy atom. The Balaban J connectivity index is 2.44. The number of nitrogens with one attached hydrogen (secondary N) is 1. The summed E-state index contributed by atoms with van der Waals surface area (Å²) in [7, 11) is 0. The number of rotatable bonds is 4. The molecule has 1 amide bonds. The molecule has 1 fully saturated rings. The van der Waals surface area contributed by atoms with E-state index in [9.17, 15) is 18.0 Å². The van der Waals surface area contributed by atoms with E-state index in [0.29, 0.717) is 19.4 Å². The summed E-state index contributed by atoms with van der Waals surface area (Å²) in [6.07, 6.45) is -3.16. The fourth-order valence-corrected chi connectivity index (χ4v) is 2.38. The maximum atomic E-state index is 12.6. The highest BCUT2D eigenvalue weighted by atomic mass is 35.5. The highest BCUT2D eigenvalue weighted by molar-refractivity contribution is 6.21. The van der Waals surface area contributed by atoms with Crippen LogP contribution < -0.4 is 5.32 Å². The lowest BCUT2D eigenvalue weighted by molar-refractivity contribution is -0.186. The van der Waals surface area contributed by atoms with E-state index in [4.69, 9.17) is 11.6 Å². The summed E-state index contributed by atoms with van der Waals surface area (Å²) in [4.78, 5) is 11.9. The van der Waals surface area contributed by atoms with Crippen LogP contribution in [0.3, 0.4) is 0 Å². The van der Waals surface area contributed by atoms with Gasteiger partial charge in [0.15, 0.2) is 0 Å². The number of halogens is 4. The van der Waals surface area contributed by atoms with Crippen molar-refractivity contribution in [2.45, 2.75) is 51.1 Å². The Morgan fingerprint density at radius 2 is 2.00 bits per heavy atom. The van der Waals surface area contributed by atoms with E-state index in [1.165, 1.54) is 0 Å². The van der Waals surface area contributed by atoms with Gasteiger partial charge in [0.05, 0.1) is 11.3 Å². The zero-order valence-corrected chi connectivity index (χ0v) is 12.0. The fourth-order valence-electron chi connectivity index (χ4n) is 2.30. The number of hydrogen-bond acceptors (Lipinski definition) is 1. The van der Waals surface area contributed by atoms with Gasteiger partial charge in [-0.2, -0.15) is 13.2 Å². The average Bonchev–Trinajstić information content (AvgIpc) is 2.34. The van der Waals surface area contributed by atoms with Crippen molar-refractivity contribution in [3.05, 3.63) is 0 Å². The van der Waals surface area contributed by atoms with Crippen LogP contribution in [0.2, 0.25) is 0 Å². The van der Waals surface area contributed by atoms with Crippen LogP contribution in [0.4, 0.5) is 13.2 Å². The Labute approximate surface area is 117 Å². The minimum Gasteiger partial charge on any atom is -0.354 e. The van der Waals surface area contributed by atoms with Gasteiger partial charge in [0, 0.05) is 12.5 Å². The monoisotopic (exact) mass is 299 g/mol. The first-order valence-electron chi connectivity index (χ1n) is 6.70. The maximum absolute atomic E-state index is 12.6. The van der Waals surface area contributed by atoms with E-state index >= 15 is 0 Å². The third kappa shape index (κ3) is 5.21.